The van der Waals surface area contributed by atoms with Gasteiger partial charge in [0.2, 0.25) is 0 Å². The Labute approximate surface area is 101 Å². The number of hydrogen-bond donors (Lipinski definition) is 1. The number of thioether (sulfide) groups is 1. The zero-order chi connectivity index (χ0) is 13.0. The van der Waals surface area contributed by atoms with Crippen LogP contribution in [0.25, 0.3) is 0 Å². The van der Waals surface area contributed by atoms with E-state index in [0.717, 1.165) is 11.8 Å². The van der Waals surface area contributed by atoms with Crippen LogP contribution >= 0.6 is 11.8 Å². The Morgan fingerprint density at radius 3 is 2.12 bits per heavy atom. The van der Waals surface area contributed by atoms with Crippen molar-refractivity contribution in [2.24, 2.45) is 0 Å². The zero-order valence-electron chi connectivity index (χ0n) is 10.5. The fourth-order valence-electron chi connectivity index (χ4n) is 1.02. The van der Waals surface area contributed by atoms with Crippen molar-refractivity contribution in [1.29, 1.82) is 0 Å². The molecule has 1 atom stereocenters. The number of hydrogen-bond acceptors (Lipinski definition) is 5. The van der Waals surface area contributed by atoms with E-state index in [9.17, 15) is 14.7 Å². The van der Waals surface area contributed by atoms with Crippen LogP contribution in [-0.4, -0.2) is 33.1 Å². The third kappa shape index (κ3) is 6.12. The van der Waals surface area contributed by atoms with E-state index in [1.165, 1.54) is 6.92 Å². The van der Waals surface area contributed by atoms with Crippen molar-refractivity contribution in [2.45, 2.75) is 51.4 Å². The van der Waals surface area contributed by atoms with Gasteiger partial charge in [0.1, 0.15) is 0 Å². The lowest BCUT2D eigenvalue weighted by atomic mass is 10.0. The molecule has 0 spiro atoms. The highest BCUT2D eigenvalue weighted by molar-refractivity contribution is 8.14. The molecule has 0 aliphatic carbocycles. The van der Waals surface area contributed by atoms with Crippen LogP contribution in [-0.2, 0) is 14.3 Å². The van der Waals surface area contributed by atoms with Crippen molar-refractivity contribution < 1.29 is 19.4 Å². The molecule has 0 bridgehead atoms. The van der Waals surface area contributed by atoms with E-state index in [1.807, 2.05) is 20.8 Å². The van der Waals surface area contributed by atoms with Crippen LogP contribution in [0.15, 0.2) is 0 Å². The van der Waals surface area contributed by atoms with E-state index in [1.54, 1.807) is 6.92 Å². The van der Waals surface area contributed by atoms with E-state index in [-0.39, 0.29) is 22.9 Å². The van der Waals surface area contributed by atoms with Gasteiger partial charge >= 0.3 is 5.97 Å². The normalized spacial score (nSPS) is 15.4. The minimum Gasteiger partial charge on any atom is -0.464 e. The highest BCUT2D eigenvalue weighted by atomic mass is 32.2. The molecule has 1 N–H and O–H groups in total. The van der Waals surface area contributed by atoms with Crippen LogP contribution in [0.1, 0.15) is 41.0 Å². The smallest absolute Gasteiger partial charge is 0.338 e. The summed E-state index contributed by atoms with van der Waals surface area (Å²) in [5.41, 5.74) is -1.73. The summed E-state index contributed by atoms with van der Waals surface area (Å²) >= 11 is 1.11. The average Bonchev–Trinajstić information content (AvgIpc) is 1.99. The molecule has 0 rings (SSSR count). The molecule has 0 saturated heterocycles. The van der Waals surface area contributed by atoms with Gasteiger partial charge in [0.25, 0.3) is 0 Å². The van der Waals surface area contributed by atoms with E-state index in [2.05, 4.69) is 4.74 Å². The first-order valence-electron chi connectivity index (χ1n) is 5.20. The summed E-state index contributed by atoms with van der Waals surface area (Å²) in [5, 5.41) is 9.56. The third-order valence-corrected chi connectivity index (χ3v) is 2.61. The van der Waals surface area contributed by atoms with Crippen LogP contribution in [0.3, 0.4) is 0 Å². The molecule has 0 unspecified atom stereocenters. The van der Waals surface area contributed by atoms with Crippen LogP contribution in [0.2, 0.25) is 0 Å². The van der Waals surface area contributed by atoms with Crippen molar-refractivity contribution >= 4 is 22.8 Å². The van der Waals surface area contributed by atoms with Gasteiger partial charge in [0, 0.05) is 4.75 Å². The van der Waals surface area contributed by atoms with Gasteiger partial charge in [-0.3, -0.25) is 4.79 Å². The molecular formula is C11H20O4S. The van der Waals surface area contributed by atoms with Crippen molar-refractivity contribution in [3.05, 3.63) is 0 Å². The fraction of sp³-hybridized carbons (Fsp3) is 0.818. The molecule has 0 aliphatic rings. The minimum atomic E-state index is -1.73. The summed E-state index contributed by atoms with van der Waals surface area (Å²) < 4.78 is 4.47. The molecule has 5 heteroatoms. The lowest BCUT2D eigenvalue weighted by Crippen LogP contribution is -2.39. The van der Waals surface area contributed by atoms with E-state index in [4.69, 9.17) is 0 Å². The second-order valence-corrected chi connectivity index (χ2v) is 6.64. The predicted molar refractivity (Wildman–Crippen MR) is 64.2 cm³/mol. The van der Waals surface area contributed by atoms with Gasteiger partial charge in [0.15, 0.2) is 10.7 Å². The molecule has 94 valence electrons. The number of carbonyl (C=O) groups excluding carboxylic acids is 2. The summed E-state index contributed by atoms with van der Waals surface area (Å²) in [7, 11) is 0. The molecule has 0 saturated carbocycles. The first-order valence-corrected chi connectivity index (χ1v) is 6.01. The highest BCUT2D eigenvalue weighted by Crippen LogP contribution is 2.27. The number of aliphatic hydroxyl groups is 1. The largest absolute Gasteiger partial charge is 0.464 e. The molecule has 4 nitrogen and oxygen atoms in total. The van der Waals surface area contributed by atoms with Crippen LogP contribution in [0.4, 0.5) is 0 Å². The summed E-state index contributed by atoms with van der Waals surface area (Å²) in [5.74, 6) is -0.752. The van der Waals surface area contributed by atoms with Crippen LogP contribution < -0.4 is 0 Å². The van der Waals surface area contributed by atoms with Gasteiger partial charge in [-0.25, -0.2) is 4.79 Å². The van der Waals surface area contributed by atoms with Gasteiger partial charge in [-0.1, -0.05) is 32.5 Å². The Kier molecular flexibility index (Phi) is 5.49. The molecule has 0 aromatic rings. The first-order chi connectivity index (χ1) is 7.08. The van der Waals surface area contributed by atoms with Gasteiger partial charge < -0.3 is 9.84 Å². The average molecular weight is 248 g/mol. The first kappa shape index (κ1) is 15.4. The lowest BCUT2D eigenvalue weighted by molar-refractivity contribution is -0.164. The number of carbonyl (C=O) groups is 2. The maximum atomic E-state index is 11.6. The summed E-state index contributed by atoms with van der Waals surface area (Å²) in [4.78, 5) is 22.9. The van der Waals surface area contributed by atoms with Gasteiger partial charge in [0.05, 0.1) is 13.0 Å². The van der Waals surface area contributed by atoms with Gasteiger partial charge in [-0.05, 0) is 13.8 Å². The maximum Gasteiger partial charge on any atom is 0.338 e. The Balaban J connectivity index is 4.36. The van der Waals surface area contributed by atoms with Crippen molar-refractivity contribution in [1.82, 2.24) is 0 Å². The molecule has 0 fully saturated rings. The number of ether oxygens (including phenoxy) is 1. The summed E-state index contributed by atoms with van der Waals surface area (Å²) in [6.07, 6.45) is -0.228. The molecule has 0 aromatic carbocycles. The molecule has 0 heterocycles. The summed E-state index contributed by atoms with van der Waals surface area (Å²) in [6, 6.07) is 0. The third-order valence-electron chi connectivity index (χ3n) is 1.62. The second kappa shape index (κ2) is 5.68. The molecule has 16 heavy (non-hydrogen) atoms. The van der Waals surface area contributed by atoms with Crippen molar-refractivity contribution in [2.75, 3.05) is 6.61 Å². The van der Waals surface area contributed by atoms with E-state index in [0.29, 0.717) is 0 Å². The number of esters is 1. The topological polar surface area (TPSA) is 63.6 Å². The van der Waals surface area contributed by atoms with E-state index < -0.39 is 11.6 Å². The zero-order valence-corrected chi connectivity index (χ0v) is 11.3. The number of rotatable bonds is 4. The second-order valence-electron chi connectivity index (χ2n) is 4.76. The SMILES string of the molecule is CCOC(=O)[C@@](C)(O)CC(=O)SC(C)(C)C. The van der Waals surface area contributed by atoms with Crippen molar-refractivity contribution in [3.8, 4) is 0 Å². The van der Waals surface area contributed by atoms with Crippen LogP contribution in [0, 0.1) is 0 Å². The predicted octanol–water partition coefficient (Wildman–Crippen LogP) is 1.75. The minimum absolute atomic E-state index is 0.190. The van der Waals surface area contributed by atoms with Gasteiger partial charge in [-0.15, -0.1) is 0 Å². The maximum absolute atomic E-state index is 11.6. The highest BCUT2D eigenvalue weighted by Gasteiger charge is 2.35. The van der Waals surface area contributed by atoms with E-state index >= 15 is 0 Å². The Morgan fingerprint density at radius 1 is 1.25 bits per heavy atom. The molecular weight excluding hydrogens is 228 g/mol. The standard InChI is InChI=1S/C11H20O4S/c1-6-15-9(13)11(5,14)7-8(12)16-10(2,3)4/h14H,6-7H2,1-5H3/t11-/m0/s1. The quantitative estimate of drug-likeness (QED) is 0.768. The van der Waals surface area contributed by atoms with Gasteiger partial charge in [-0.2, -0.15) is 0 Å². The Bertz CT molecular complexity index is 266. The molecule has 0 aromatic heterocycles. The van der Waals surface area contributed by atoms with Crippen LogP contribution in [0.5, 0.6) is 0 Å². The van der Waals surface area contributed by atoms with Crippen molar-refractivity contribution in [3.63, 3.8) is 0 Å². The molecule has 0 amide bonds. The molecule has 0 radical (unpaired) electrons. The monoisotopic (exact) mass is 248 g/mol. The fourth-order valence-corrected chi connectivity index (χ4v) is 2.05. The Morgan fingerprint density at radius 2 is 1.75 bits per heavy atom. The summed E-state index contributed by atoms with van der Waals surface area (Å²) in [6.45, 7) is 8.83. The lowest BCUT2D eigenvalue weighted by Gasteiger charge is -2.22. The molecule has 0 aliphatic heterocycles. The Hall–Kier alpha value is -0.550.